The molecule has 0 saturated heterocycles. The molecule has 300 valence electrons. The lowest BCUT2D eigenvalue weighted by atomic mass is 9.50. The average molecular weight is 773 g/mol. The summed E-state index contributed by atoms with van der Waals surface area (Å²) in [5, 5.41) is 40.6. The van der Waals surface area contributed by atoms with Gasteiger partial charge in [-0.1, -0.05) is 57.9 Å². The van der Waals surface area contributed by atoms with Gasteiger partial charge in [0.2, 0.25) is 0 Å². The van der Waals surface area contributed by atoms with Gasteiger partial charge in [0.05, 0.1) is 6.10 Å². The standard InChI is InChI=1S/C38H49F9O6/c1-32-14-12-26-25-11-10-24(48)20-23(25)19-22(29(26)27(32)21-28(49)34(32)16-17-34)9-7-5-3-2-4-6-8-13-33(30(50)51,31(52)53)15-18-35(39,40)36(41,42)37(43,44)38(45,46)47/h10-11,20,22,26-29,48-49H,2-9,12-19,21H2,1H3,(H,50,51)(H,52,53)/t22-,26?,27?,28-,29?,32+/m1/s1. The Bertz CT molecular complexity index is 1490. The van der Waals surface area contributed by atoms with E-state index in [0.717, 1.165) is 64.2 Å². The molecular formula is C38H49F9O6. The zero-order chi connectivity index (χ0) is 39.4. The number of fused-ring (bicyclic) bond motifs is 6. The van der Waals surface area contributed by atoms with Gasteiger partial charge in [0.15, 0.2) is 5.41 Å². The van der Waals surface area contributed by atoms with Crippen LogP contribution in [0.3, 0.4) is 0 Å². The van der Waals surface area contributed by atoms with Gasteiger partial charge in [-0.25, -0.2) is 0 Å². The van der Waals surface area contributed by atoms with Crippen LogP contribution in [0, 0.1) is 34.0 Å². The van der Waals surface area contributed by atoms with Gasteiger partial charge < -0.3 is 20.4 Å². The summed E-state index contributed by atoms with van der Waals surface area (Å²) in [4.78, 5) is 23.8. The SMILES string of the molecule is C[C@]12CCC3c4ccc(O)cc4C[C@@H](CCCCCCCCCC(CCC(F)(F)C(F)(F)C(F)(F)C(F)(F)F)(C(=O)O)C(=O)O)C3C1C[C@@H](O)C21CC1. The van der Waals surface area contributed by atoms with Gasteiger partial charge in [-0.3, -0.25) is 9.59 Å². The summed E-state index contributed by atoms with van der Waals surface area (Å²) in [6.45, 7) is 2.38. The van der Waals surface area contributed by atoms with Crippen molar-refractivity contribution in [3.8, 4) is 5.75 Å². The summed E-state index contributed by atoms with van der Waals surface area (Å²) in [5.41, 5.74) is -0.473. The van der Waals surface area contributed by atoms with Gasteiger partial charge in [0, 0.05) is 11.8 Å². The van der Waals surface area contributed by atoms with Crippen LogP contribution in [0.25, 0.3) is 0 Å². The van der Waals surface area contributed by atoms with E-state index in [1.807, 2.05) is 6.07 Å². The number of aliphatic carboxylic acids is 2. The predicted octanol–water partition coefficient (Wildman–Crippen LogP) is 10.1. The van der Waals surface area contributed by atoms with Gasteiger partial charge >= 0.3 is 35.9 Å². The Kier molecular flexibility index (Phi) is 11.3. The molecule has 4 aliphatic carbocycles. The predicted molar refractivity (Wildman–Crippen MR) is 174 cm³/mol. The molecule has 1 aromatic carbocycles. The lowest BCUT2D eigenvalue weighted by molar-refractivity contribution is -0.397. The minimum atomic E-state index is -7.15. The van der Waals surface area contributed by atoms with Crippen molar-refractivity contribution in [3.05, 3.63) is 29.3 Å². The van der Waals surface area contributed by atoms with Crippen LogP contribution in [0.15, 0.2) is 18.2 Å². The fourth-order valence-corrected chi connectivity index (χ4v) is 10.6. The number of phenols is 1. The fraction of sp³-hybridized carbons (Fsp3) is 0.789. The molecule has 3 unspecified atom stereocenters. The van der Waals surface area contributed by atoms with Crippen molar-refractivity contribution in [2.24, 2.45) is 34.0 Å². The third-order valence-corrected chi connectivity index (χ3v) is 13.9. The smallest absolute Gasteiger partial charge is 0.460 e. The van der Waals surface area contributed by atoms with Crippen LogP contribution >= 0.6 is 0 Å². The number of hydrogen-bond donors (Lipinski definition) is 4. The normalized spacial score (nSPS) is 28.3. The van der Waals surface area contributed by atoms with Crippen LogP contribution in [0.1, 0.15) is 127 Å². The van der Waals surface area contributed by atoms with Crippen molar-refractivity contribution in [1.82, 2.24) is 0 Å². The molecule has 4 aliphatic rings. The third kappa shape index (κ3) is 7.02. The summed E-state index contributed by atoms with van der Waals surface area (Å²) in [6, 6.07) is 5.68. The number of carboxylic acids is 2. The Morgan fingerprint density at radius 1 is 0.792 bits per heavy atom. The van der Waals surface area contributed by atoms with E-state index < -0.39 is 60.6 Å². The van der Waals surface area contributed by atoms with E-state index in [-0.39, 0.29) is 35.5 Å². The summed E-state index contributed by atoms with van der Waals surface area (Å²) in [6.07, 6.45) is -1.69. The summed E-state index contributed by atoms with van der Waals surface area (Å²) in [5.74, 6) is -22.7. The molecule has 1 aromatic rings. The molecule has 15 heteroatoms. The minimum absolute atomic E-state index is 0.0329. The molecule has 6 nitrogen and oxygen atoms in total. The van der Waals surface area contributed by atoms with E-state index in [1.165, 1.54) is 11.1 Å². The number of alkyl halides is 9. The maximum atomic E-state index is 14.1. The van der Waals surface area contributed by atoms with Crippen LogP contribution in [0.2, 0.25) is 0 Å². The first-order valence-electron chi connectivity index (χ1n) is 18.7. The minimum Gasteiger partial charge on any atom is -0.508 e. The average Bonchev–Trinajstić information content (AvgIpc) is 3.84. The Balaban J connectivity index is 1.11. The number of aliphatic hydroxyl groups excluding tert-OH is 1. The van der Waals surface area contributed by atoms with Gasteiger partial charge in [-0.2, -0.15) is 39.5 Å². The van der Waals surface area contributed by atoms with Crippen LogP contribution < -0.4 is 0 Å². The zero-order valence-corrected chi connectivity index (χ0v) is 29.6. The molecule has 0 aromatic heterocycles. The Hall–Kier alpha value is -2.71. The second-order valence-corrected chi connectivity index (χ2v) is 16.6. The highest BCUT2D eigenvalue weighted by atomic mass is 19.4. The molecule has 0 amide bonds. The van der Waals surface area contributed by atoms with Crippen molar-refractivity contribution in [2.75, 3.05) is 0 Å². The highest BCUT2D eigenvalue weighted by Crippen LogP contribution is 2.76. The number of carboxylic acid groups (broad SMARTS) is 2. The Morgan fingerprint density at radius 3 is 1.94 bits per heavy atom. The Morgan fingerprint density at radius 2 is 1.38 bits per heavy atom. The molecule has 0 radical (unpaired) electrons. The summed E-state index contributed by atoms with van der Waals surface area (Å²) >= 11 is 0. The van der Waals surface area contributed by atoms with Gasteiger partial charge in [0.1, 0.15) is 5.75 Å². The van der Waals surface area contributed by atoms with Crippen LogP contribution in [0.4, 0.5) is 39.5 Å². The molecule has 53 heavy (non-hydrogen) atoms. The molecular weight excluding hydrogens is 723 g/mol. The van der Waals surface area contributed by atoms with Crippen LogP contribution in [-0.4, -0.2) is 62.4 Å². The molecule has 0 heterocycles. The molecule has 1 spiro atoms. The highest BCUT2D eigenvalue weighted by molar-refractivity contribution is 5.98. The number of aliphatic hydroxyl groups is 1. The van der Waals surface area contributed by atoms with Crippen LogP contribution in [-0.2, 0) is 16.0 Å². The van der Waals surface area contributed by atoms with Gasteiger partial charge in [-0.15, -0.1) is 0 Å². The number of carbonyl (C=O) groups is 2. The maximum Gasteiger partial charge on any atom is 0.460 e. The molecule has 4 N–H and O–H groups in total. The van der Waals surface area contributed by atoms with E-state index in [9.17, 15) is 69.5 Å². The van der Waals surface area contributed by atoms with Crippen molar-refractivity contribution < 1.29 is 69.5 Å². The van der Waals surface area contributed by atoms with Crippen LogP contribution in [0.5, 0.6) is 5.75 Å². The van der Waals surface area contributed by atoms with E-state index in [1.54, 1.807) is 6.07 Å². The number of phenolic OH excluding ortho intramolecular Hbond substituents is 1. The number of hydrogen-bond acceptors (Lipinski definition) is 4. The van der Waals surface area contributed by atoms with E-state index in [0.29, 0.717) is 36.5 Å². The number of halogens is 9. The molecule has 0 bridgehead atoms. The van der Waals surface area contributed by atoms with E-state index >= 15 is 0 Å². The number of aromatic hydroxyl groups is 1. The van der Waals surface area contributed by atoms with E-state index in [2.05, 4.69) is 13.0 Å². The molecule has 0 aliphatic heterocycles. The lowest BCUT2D eigenvalue weighted by Gasteiger charge is -2.54. The monoisotopic (exact) mass is 772 g/mol. The second kappa shape index (κ2) is 14.4. The molecule has 3 fully saturated rings. The highest BCUT2D eigenvalue weighted by Gasteiger charge is 2.81. The number of benzene rings is 1. The van der Waals surface area contributed by atoms with Crippen molar-refractivity contribution in [1.29, 1.82) is 0 Å². The van der Waals surface area contributed by atoms with Gasteiger partial charge in [-0.05, 0) is 110 Å². The third-order valence-electron chi connectivity index (χ3n) is 13.9. The summed E-state index contributed by atoms with van der Waals surface area (Å²) < 4.78 is 120. The largest absolute Gasteiger partial charge is 0.508 e. The topological polar surface area (TPSA) is 115 Å². The molecule has 3 saturated carbocycles. The van der Waals surface area contributed by atoms with Gasteiger partial charge in [0.25, 0.3) is 0 Å². The number of rotatable bonds is 17. The zero-order valence-electron chi connectivity index (χ0n) is 29.6. The van der Waals surface area contributed by atoms with Crippen molar-refractivity contribution >= 4 is 11.9 Å². The van der Waals surface area contributed by atoms with Crippen molar-refractivity contribution in [3.63, 3.8) is 0 Å². The first-order valence-corrected chi connectivity index (χ1v) is 18.7. The maximum absolute atomic E-state index is 14.1. The fourth-order valence-electron chi connectivity index (χ4n) is 10.6. The number of unbranched alkanes of at least 4 members (excludes halogenated alkanes) is 6. The van der Waals surface area contributed by atoms with Crippen molar-refractivity contribution in [2.45, 2.75) is 152 Å². The second-order valence-electron chi connectivity index (χ2n) is 16.6. The Labute approximate surface area is 302 Å². The lowest BCUT2D eigenvalue weighted by Crippen LogP contribution is -2.61. The summed E-state index contributed by atoms with van der Waals surface area (Å²) in [7, 11) is 0. The molecule has 6 atom stereocenters. The first-order chi connectivity index (χ1) is 24.5. The first kappa shape index (κ1) is 41.5. The quantitative estimate of drug-likeness (QED) is 0.0712. The van der Waals surface area contributed by atoms with E-state index in [4.69, 9.17) is 0 Å². The molecule has 5 rings (SSSR count).